The second-order valence-electron chi connectivity index (χ2n) is 4.86. The van der Waals surface area contributed by atoms with Crippen molar-refractivity contribution >= 4 is 0 Å². The minimum atomic E-state index is 0.372. The van der Waals surface area contributed by atoms with Crippen molar-refractivity contribution in [2.75, 3.05) is 13.2 Å². The second kappa shape index (κ2) is 5.13. The lowest BCUT2D eigenvalue weighted by atomic mass is 10.1. The van der Waals surface area contributed by atoms with E-state index in [1.54, 1.807) is 0 Å². The first kappa shape index (κ1) is 10.4. The van der Waals surface area contributed by atoms with E-state index in [1.807, 2.05) is 0 Å². The Morgan fingerprint density at radius 2 is 1.64 bits per heavy atom. The monoisotopic (exact) mass is 197 g/mol. The Labute approximate surface area is 87.3 Å². The molecular formula is C12H23NO. The van der Waals surface area contributed by atoms with E-state index in [0.717, 1.165) is 6.04 Å². The molecule has 1 aliphatic heterocycles. The predicted octanol–water partition coefficient (Wildman–Crippen LogP) is 2.17. The maximum absolute atomic E-state index is 9.30. The van der Waals surface area contributed by atoms with Gasteiger partial charge in [-0.3, -0.25) is 4.90 Å². The third kappa shape index (κ3) is 2.29. The summed E-state index contributed by atoms with van der Waals surface area (Å²) in [7, 11) is 0. The molecule has 1 aliphatic carbocycles. The van der Waals surface area contributed by atoms with Crippen molar-refractivity contribution in [3.05, 3.63) is 0 Å². The summed E-state index contributed by atoms with van der Waals surface area (Å²) < 4.78 is 0. The molecule has 0 aromatic heterocycles. The van der Waals surface area contributed by atoms with Gasteiger partial charge in [0.2, 0.25) is 0 Å². The summed E-state index contributed by atoms with van der Waals surface area (Å²) in [5.41, 5.74) is 0. The average Bonchev–Trinajstić information content (AvgIpc) is 2.52. The standard InChI is InChI=1S/C12H23NO/c14-10-12-8-5-9-13(12)11-6-3-1-2-4-7-11/h11-12,14H,1-10H2/t12-/m1/s1. The Kier molecular flexibility index (Phi) is 3.82. The van der Waals surface area contributed by atoms with Crippen LogP contribution in [0, 0.1) is 0 Å². The molecule has 82 valence electrons. The van der Waals surface area contributed by atoms with Crippen LogP contribution in [-0.4, -0.2) is 35.2 Å². The van der Waals surface area contributed by atoms with Gasteiger partial charge in [-0.05, 0) is 32.2 Å². The lowest BCUT2D eigenvalue weighted by Crippen LogP contribution is -2.40. The summed E-state index contributed by atoms with van der Waals surface area (Å²) in [6.45, 7) is 1.60. The first-order valence-corrected chi connectivity index (χ1v) is 6.28. The number of aliphatic hydroxyl groups excluding tert-OH is 1. The van der Waals surface area contributed by atoms with Gasteiger partial charge in [0.05, 0.1) is 6.61 Å². The Morgan fingerprint density at radius 1 is 0.929 bits per heavy atom. The van der Waals surface area contributed by atoms with Crippen LogP contribution in [0.3, 0.4) is 0 Å². The average molecular weight is 197 g/mol. The molecule has 0 unspecified atom stereocenters. The van der Waals surface area contributed by atoms with Crippen LogP contribution in [0.1, 0.15) is 51.4 Å². The molecule has 0 aromatic carbocycles. The van der Waals surface area contributed by atoms with Crippen LogP contribution in [-0.2, 0) is 0 Å². The molecule has 2 fully saturated rings. The van der Waals surface area contributed by atoms with E-state index in [1.165, 1.54) is 57.9 Å². The fraction of sp³-hybridized carbons (Fsp3) is 1.00. The van der Waals surface area contributed by atoms with Crippen molar-refractivity contribution in [2.24, 2.45) is 0 Å². The summed E-state index contributed by atoms with van der Waals surface area (Å²) in [5, 5.41) is 9.30. The van der Waals surface area contributed by atoms with Gasteiger partial charge >= 0.3 is 0 Å². The molecule has 0 bridgehead atoms. The number of likely N-dealkylation sites (tertiary alicyclic amines) is 1. The summed E-state index contributed by atoms with van der Waals surface area (Å²) in [6, 6.07) is 1.27. The quantitative estimate of drug-likeness (QED) is 0.686. The summed E-state index contributed by atoms with van der Waals surface area (Å²) in [6.07, 6.45) is 10.9. The Hall–Kier alpha value is -0.0800. The first-order valence-electron chi connectivity index (χ1n) is 6.28. The van der Waals surface area contributed by atoms with Gasteiger partial charge in [0.1, 0.15) is 0 Å². The highest BCUT2D eigenvalue weighted by atomic mass is 16.3. The molecule has 14 heavy (non-hydrogen) atoms. The summed E-state index contributed by atoms with van der Waals surface area (Å²) in [5.74, 6) is 0. The molecule has 0 spiro atoms. The Bertz CT molecular complexity index is 164. The largest absolute Gasteiger partial charge is 0.395 e. The van der Waals surface area contributed by atoms with Gasteiger partial charge in [-0.15, -0.1) is 0 Å². The molecule has 2 heteroatoms. The fourth-order valence-electron chi connectivity index (χ4n) is 3.12. The molecule has 0 amide bonds. The summed E-state index contributed by atoms with van der Waals surface area (Å²) >= 11 is 0. The summed E-state index contributed by atoms with van der Waals surface area (Å²) in [4.78, 5) is 2.59. The van der Waals surface area contributed by atoms with E-state index >= 15 is 0 Å². The third-order valence-electron chi connectivity index (χ3n) is 3.93. The highest BCUT2D eigenvalue weighted by Crippen LogP contribution is 2.28. The Balaban J connectivity index is 1.91. The molecule has 0 aromatic rings. The van der Waals surface area contributed by atoms with Crippen LogP contribution in [0.2, 0.25) is 0 Å². The van der Waals surface area contributed by atoms with E-state index in [0.29, 0.717) is 12.6 Å². The minimum Gasteiger partial charge on any atom is -0.395 e. The van der Waals surface area contributed by atoms with Crippen LogP contribution in [0.25, 0.3) is 0 Å². The second-order valence-corrected chi connectivity index (χ2v) is 4.86. The smallest absolute Gasteiger partial charge is 0.0586 e. The maximum atomic E-state index is 9.30. The molecule has 1 saturated carbocycles. The number of aliphatic hydroxyl groups is 1. The molecule has 1 N–H and O–H groups in total. The number of hydrogen-bond donors (Lipinski definition) is 1. The molecule has 2 rings (SSSR count). The van der Waals surface area contributed by atoms with Crippen molar-refractivity contribution < 1.29 is 5.11 Å². The van der Waals surface area contributed by atoms with Gasteiger partial charge in [0.15, 0.2) is 0 Å². The number of nitrogens with zero attached hydrogens (tertiary/aromatic N) is 1. The van der Waals surface area contributed by atoms with Crippen LogP contribution in [0.4, 0.5) is 0 Å². The molecule has 1 heterocycles. The SMILES string of the molecule is OC[C@H]1CCCN1C1CCCCCC1. The zero-order chi connectivity index (χ0) is 9.80. The van der Waals surface area contributed by atoms with Gasteiger partial charge in [0.25, 0.3) is 0 Å². The van der Waals surface area contributed by atoms with E-state index in [9.17, 15) is 5.11 Å². The van der Waals surface area contributed by atoms with E-state index in [-0.39, 0.29) is 0 Å². The van der Waals surface area contributed by atoms with Crippen LogP contribution in [0.5, 0.6) is 0 Å². The highest BCUT2D eigenvalue weighted by molar-refractivity contribution is 4.85. The third-order valence-corrected chi connectivity index (χ3v) is 3.93. The Morgan fingerprint density at radius 3 is 2.29 bits per heavy atom. The number of hydrogen-bond acceptors (Lipinski definition) is 2. The molecular weight excluding hydrogens is 174 g/mol. The van der Waals surface area contributed by atoms with Gasteiger partial charge in [-0.2, -0.15) is 0 Å². The van der Waals surface area contributed by atoms with Gasteiger partial charge in [0, 0.05) is 12.1 Å². The van der Waals surface area contributed by atoms with Crippen LogP contribution in [0.15, 0.2) is 0 Å². The molecule has 0 radical (unpaired) electrons. The maximum Gasteiger partial charge on any atom is 0.0586 e. The van der Waals surface area contributed by atoms with Crippen molar-refractivity contribution in [1.82, 2.24) is 4.90 Å². The zero-order valence-corrected chi connectivity index (χ0v) is 9.12. The lowest BCUT2D eigenvalue weighted by molar-refractivity contribution is 0.110. The van der Waals surface area contributed by atoms with Gasteiger partial charge in [-0.25, -0.2) is 0 Å². The zero-order valence-electron chi connectivity index (χ0n) is 9.12. The van der Waals surface area contributed by atoms with E-state index < -0.39 is 0 Å². The van der Waals surface area contributed by atoms with E-state index in [4.69, 9.17) is 0 Å². The molecule has 2 aliphatic rings. The van der Waals surface area contributed by atoms with Crippen molar-refractivity contribution in [2.45, 2.75) is 63.5 Å². The van der Waals surface area contributed by atoms with Crippen LogP contribution >= 0.6 is 0 Å². The van der Waals surface area contributed by atoms with Crippen molar-refractivity contribution in [1.29, 1.82) is 0 Å². The minimum absolute atomic E-state index is 0.372. The topological polar surface area (TPSA) is 23.5 Å². The highest BCUT2D eigenvalue weighted by Gasteiger charge is 2.29. The van der Waals surface area contributed by atoms with Gasteiger partial charge < -0.3 is 5.11 Å². The predicted molar refractivity (Wildman–Crippen MR) is 58.3 cm³/mol. The lowest BCUT2D eigenvalue weighted by Gasteiger charge is -2.31. The van der Waals surface area contributed by atoms with Crippen molar-refractivity contribution in [3.8, 4) is 0 Å². The fourth-order valence-corrected chi connectivity index (χ4v) is 3.12. The molecule has 1 saturated heterocycles. The first-order chi connectivity index (χ1) is 6.92. The van der Waals surface area contributed by atoms with Gasteiger partial charge in [-0.1, -0.05) is 25.7 Å². The van der Waals surface area contributed by atoms with Crippen LogP contribution < -0.4 is 0 Å². The molecule has 1 atom stereocenters. The van der Waals surface area contributed by atoms with Crippen molar-refractivity contribution in [3.63, 3.8) is 0 Å². The number of rotatable bonds is 2. The normalized spacial score (nSPS) is 31.9. The van der Waals surface area contributed by atoms with E-state index in [2.05, 4.69) is 4.90 Å². The molecule has 2 nitrogen and oxygen atoms in total.